The van der Waals surface area contributed by atoms with Gasteiger partial charge in [-0.2, -0.15) is 0 Å². The number of amides is 2. The highest BCUT2D eigenvalue weighted by Gasteiger charge is 2.22. The number of aryl methyl sites for hydroxylation is 1. The lowest BCUT2D eigenvalue weighted by atomic mass is 9.96. The van der Waals surface area contributed by atoms with Crippen molar-refractivity contribution < 1.29 is 14.7 Å². The molecule has 0 saturated carbocycles. The Morgan fingerprint density at radius 1 is 1.30 bits per heavy atom. The first kappa shape index (κ1) is 16.5. The van der Waals surface area contributed by atoms with Gasteiger partial charge in [-0.1, -0.05) is 13.8 Å². The summed E-state index contributed by atoms with van der Waals surface area (Å²) >= 11 is 1.64. The zero-order chi connectivity index (χ0) is 15.3. The van der Waals surface area contributed by atoms with Crippen LogP contribution in [0.5, 0.6) is 0 Å². The van der Waals surface area contributed by atoms with Gasteiger partial charge in [0.1, 0.15) is 0 Å². The second-order valence-electron chi connectivity index (χ2n) is 5.21. The van der Waals surface area contributed by atoms with Crippen LogP contribution in [0.3, 0.4) is 0 Å². The summed E-state index contributed by atoms with van der Waals surface area (Å²) in [6.07, 6.45) is 0. The minimum atomic E-state index is -0.887. The summed E-state index contributed by atoms with van der Waals surface area (Å²) in [5.41, 5.74) is 0. The van der Waals surface area contributed by atoms with E-state index in [0.29, 0.717) is 0 Å². The van der Waals surface area contributed by atoms with E-state index in [-0.39, 0.29) is 24.5 Å². The van der Waals surface area contributed by atoms with Crippen molar-refractivity contribution in [3.8, 4) is 0 Å². The standard InChI is InChI=1S/C14H22N2O3S/c1-8(2)11(13(17)18)7-15-14(19)16-10(4)12-6-5-9(3)20-12/h5-6,8,10-11H,7H2,1-4H3,(H,17,18)(H2,15,16,19). The molecule has 0 saturated heterocycles. The van der Waals surface area contributed by atoms with Crippen LogP contribution >= 0.6 is 11.3 Å². The van der Waals surface area contributed by atoms with E-state index in [1.54, 1.807) is 11.3 Å². The van der Waals surface area contributed by atoms with Crippen LogP contribution in [0.15, 0.2) is 12.1 Å². The van der Waals surface area contributed by atoms with Crippen molar-refractivity contribution in [1.82, 2.24) is 10.6 Å². The number of nitrogens with one attached hydrogen (secondary N) is 2. The van der Waals surface area contributed by atoms with Gasteiger partial charge in [-0.3, -0.25) is 4.79 Å². The van der Waals surface area contributed by atoms with Gasteiger partial charge in [-0.25, -0.2) is 4.79 Å². The molecular weight excluding hydrogens is 276 g/mol. The smallest absolute Gasteiger partial charge is 0.315 e. The van der Waals surface area contributed by atoms with Crippen LogP contribution in [0.25, 0.3) is 0 Å². The Kier molecular flexibility index (Phi) is 6.01. The molecule has 112 valence electrons. The lowest BCUT2D eigenvalue weighted by Crippen LogP contribution is -2.41. The number of aliphatic carboxylic acids is 1. The molecule has 0 spiro atoms. The van der Waals surface area contributed by atoms with Crippen LogP contribution < -0.4 is 10.6 Å². The fraction of sp³-hybridized carbons (Fsp3) is 0.571. The van der Waals surface area contributed by atoms with Gasteiger partial charge in [-0.05, 0) is 31.9 Å². The molecule has 1 rings (SSSR count). The van der Waals surface area contributed by atoms with Gasteiger partial charge in [-0.15, -0.1) is 11.3 Å². The SMILES string of the molecule is Cc1ccc(C(C)NC(=O)NCC(C(=O)O)C(C)C)s1. The zero-order valence-corrected chi connectivity index (χ0v) is 13.1. The molecule has 0 aliphatic rings. The second kappa shape index (κ2) is 7.28. The maximum Gasteiger partial charge on any atom is 0.315 e. The van der Waals surface area contributed by atoms with E-state index in [1.165, 1.54) is 4.88 Å². The van der Waals surface area contributed by atoms with Gasteiger partial charge in [0.05, 0.1) is 12.0 Å². The van der Waals surface area contributed by atoms with Gasteiger partial charge in [0.25, 0.3) is 0 Å². The van der Waals surface area contributed by atoms with Gasteiger partial charge >= 0.3 is 12.0 Å². The molecule has 0 fully saturated rings. The van der Waals surface area contributed by atoms with Crippen LogP contribution in [0.4, 0.5) is 4.79 Å². The number of thiophene rings is 1. The number of carbonyl (C=O) groups is 2. The summed E-state index contributed by atoms with van der Waals surface area (Å²) in [5.74, 6) is -1.48. The molecule has 20 heavy (non-hydrogen) atoms. The molecule has 1 aromatic rings. The third-order valence-corrected chi connectivity index (χ3v) is 4.32. The summed E-state index contributed by atoms with van der Waals surface area (Å²) in [5, 5.41) is 14.5. The number of carbonyl (C=O) groups excluding carboxylic acids is 1. The molecule has 5 nitrogen and oxygen atoms in total. The monoisotopic (exact) mass is 298 g/mol. The van der Waals surface area contributed by atoms with Gasteiger partial charge in [0.15, 0.2) is 0 Å². The van der Waals surface area contributed by atoms with Crippen LogP contribution in [0.1, 0.15) is 36.6 Å². The summed E-state index contributed by atoms with van der Waals surface area (Å²) < 4.78 is 0. The molecule has 1 aromatic heterocycles. The van der Waals surface area contributed by atoms with Gasteiger partial charge < -0.3 is 15.7 Å². The quantitative estimate of drug-likeness (QED) is 0.755. The predicted molar refractivity (Wildman–Crippen MR) is 80.0 cm³/mol. The Balaban J connectivity index is 2.45. The lowest BCUT2D eigenvalue weighted by Gasteiger charge is -2.18. The Labute approximate surface area is 123 Å². The van der Waals surface area contributed by atoms with E-state index in [4.69, 9.17) is 5.11 Å². The number of hydrogen-bond donors (Lipinski definition) is 3. The van der Waals surface area contributed by atoms with Crippen LogP contribution in [-0.2, 0) is 4.79 Å². The van der Waals surface area contributed by atoms with Crippen molar-refractivity contribution in [3.05, 3.63) is 21.9 Å². The van der Waals surface area contributed by atoms with Crippen molar-refractivity contribution in [2.45, 2.75) is 33.7 Å². The average Bonchev–Trinajstić information content (AvgIpc) is 2.75. The number of hydrogen-bond acceptors (Lipinski definition) is 3. The van der Waals surface area contributed by atoms with Gasteiger partial charge in [0.2, 0.25) is 0 Å². The Hall–Kier alpha value is -1.56. The number of carboxylic acids is 1. The molecule has 6 heteroatoms. The number of rotatable bonds is 6. The summed E-state index contributed by atoms with van der Waals surface area (Å²) in [6, 6.07) is 3.57. The average molecular weight is 298 g/mol. The molecule has 3 N–H and O–H groups in total. The molecule has 2 unspecified atom stereocenters. The third kappa shape index (κ3) is 4.85. The van der Waals surface area contributed by atoms with E-state index >= 15 is 0 Å². The second-order valence-corrected chi connectivity index (χ2v) is 6.53. The van der Waals surface area contributed by atoms with Gasteiger partial charge in [0, 0.05) is 16.3 Å². The maximum absolute atomic E-state index is 11.8. The summed E-state index contributed by atoms with van der Waals surface area (Å²) in [4.78, 5) is 25.1. The lowest BCUT2D eigenvalue weighted by molar-refractivity contribution is -0.142. The third-order valence-electron chi connectivity index (χ3n) is 3.14. The molecule has 0 radical (unpaired) electrons. The van der Waals surface area contributed by atoms with Crippen LogP contribution in [-0.4, -0.2) is 23.7 Å². The number of carboxylic acid groups (broad SMARTS) is 1. The van der Waals surface area contributed by atoms with E-state index in [9.17, 15) is 9.59 Å². The first-order valence-corrected chi connectivity index (χ1v) is 7.46. The Morgan fingerprint density at radius 2 is 1.95 bits per heavy atom. The largest absolute Gasteiger partial charge is 0.481 e. The first-order chi connectivity index (χ1) is 9.31. The van der Waals surface area contributed by atoms with Crippen molar-refractivity contribution in [2.75, 3.05) is 6.54 Å². The Bertz CT molecular complexity index is 471. The van der Waals surface area contributed by atoms with Crippen molar-refractivity contribution >= 4 is 23.3 Å². The summed E-state index contributed by atoms with van der Waals surface area (Å²) in [7, 11) is 0. The van der Waals surface area contributed by atoms with Crippen LogP contribution in [0, 0.1) is 18.8 Å². The molecule has 0 aliphatic heterocycles. The van der Waals surface area contributed by atoms with E-state index in [2.05, 4.69) is 10.6 Å². The molecule has 0 bridgehead atoms. The molecule has 1 heterocycles. The molecule has 2 atom stereocenters. The minimum Gasteiger partial charge on any atom is -0.481 e. The highest BCUT2D eigenvalue weighted by Crippen LogP contribution is 2.22. The predicted octanol–water partition coefficient (Wildman–Crippen LogP) is 2.77. The normalized spacial score (nSPS) is 13.8. The zero-order valence-electron chi connectivity index (χ0n) is 12.3. The summed E-state index contributed by atoms with van der Waals surface area (Å²) in [6.45, 7) is 7.71. The number of urea groups is 1. The van der Waals surface area contributed by atoms with E-state index in [0.717, 1.165) is 4.88 Å². The fourth-order valence-electron chi connectivity index (χ4n) is 1.82. The van der Waals surface area contributed by atoms with Crippen molar-refractivity contribution in [2.24, 2.45) is 11.8 Å². The fourth-order valence-corrected chi connectivity index (χ4v) is 2.70. The molecular formula is C14H22N2O3S. The highest BCUT2D eigenvalue weighted by atomic mass is 32.1. The highest BCUT2D eigenvalue weighted by molar-refractivity contribution is 7.12. The van der Waals surface area contributed by atoms with E-state index in [1.807, 2.05) is 39.8 Å². The molecule has 2 amide bonds. The van der Waals surface area contributed by atoms with Crippen molar-refractivity contribution in [3.63, 3.8) is 0 Å². The molecule has 0 aromatic carbocycles. The molecule has 0 aliphatic carbocycles. The van der Waals surface area contributed by atoms with Crippen LogP contribution in [0.2, 0.25) is 0 Å². The first-order valence-electron chi connectivity index (χ1n) is 6.64. The maximum atomic E-state index is 11.8. The minimum absolute atomic E-state index is 0.0230. The Morgan fingerprint density at radius 3 is 2.40 bits per heavy atom. The van der Waals surface area contributed by atoms with E-state index < -0.39 is 11.9 Å². The topological polar surface area (TPSA) is 78.4 Å². The van der Waals surface area contributed by atoms with Crippen molar-refractivity contribution in [1.29, 1.82) is 0 Å².